The van der Waals surface area contributed by atoms with E-state index in [1.165, 1.54) is 29.2 Å². The fraction of sp³-hybridized carbons (Fsp3) is 0.148. The number of nitrogens with zero attached hydrogens (tertiary/aromatic N) is 2. The summed E-state index contributed by atoms with van der Waals surface area (Å²) < 4.78 is 11.0. The largest absolute Gasteiger partial charge is 0.490 e. The lowest BCUT2D eigenvalue weighted by Gasteiger charge is -2.13. The van der Waals surface area contributed by atoms with Crippen molar-refractivity contribution in [3.8, 4) is 11.5 Å². The highest BCUT2D eigenvalue weighted by Gasteiger charge is 2.35. The second kappa shape index (κ2) is 11.1. The number of carbonyl (C=O) groups is 3. The van der Waals surface area contributed by atoms with Crippen molar-refractivity contribution in [2.45, 2.75) is 20.4 Å². The molecular formula is C27H22N2O7S. The number of imide groups is 1. The minimum Gasteiger partial charge on any atom is -0.490 e. The number of hydrogen-bond acceptors (Lipinski definition) is 8. The van der Waals surface area contributed by atoms with Gasteiger partial charge in [0.2, 0.25) is 0 Å². The van der Waals surface area contributed by atoms with Gasteiger partial charge in [-0.3, -0.25) is 24.6 Å². The predicted octanol–water partition coefficient (Wildman–Crippen LogP) is 5.76. The Kier molecular flexibility index (Phi) is 7.69. The summed E-state index contributed by atoms with van der Waals surface area (Å²) in [6, 6.07) is 17.5. The predicted molar refractivity (Wildman–Crippen MR) is 138 cm³/mol. The van der Waals surface area contributed by atoms with Crippen molar-refractivity contribution in [3.63, 3.8) is 0 Å². The second-order valence-electron chi connectivity index (χ2n) is 8.09. The third-order valence-electron chi connectivity index (χ3n) is 5.36. The van der Waals surface area contributed by atoms with Crippen molar-refractivity contribution in [2.75, 3.05) is 6.61 Å². The molecule has 3 aromatic rings. The van der Waals surface area contributed by atoms with Gasteiger partial charge >= 0.3 is 5.97 Å². The maximum absolute atomic E-state index is 12.9. The highest BCUT2D eigenvalue weighted by atomic mass is 32.2. The molecule has 3 aromatic carbocycles. The summed E-state index contributed by atoms with van der Waals surface area (Å²) in [5.41, 5.74) is 2.25. The normalized spacial score (nSPS) is 14.2. The van der Waals surface area contributed by atoms with Crippen molar-refractivity contribution in [2.24, 2.45) is 0 Å². The van der Waals surface area contributed by atoms with Crippen LogP contribution in [-0.4, -0.2) is 33.5 Å². The molecule has 37 heavy (non-hydrogen) atoms. The number of nitro groups is 1. The first kappa shape index (κ1) is 25.6. The van der Waals surface area contributed by atoms with Crippen LogP contribution in [-0.2, 0) is 11.3 Å². The number of non-ortho nitro benzene ring substituents is 1. The summed E-state index contributed by atoms with van der Waals surface area (Å²) in [5.74, 6) is -0.817. The van der Waals surface area contributed by atoms with Crippen LogP contribution in [0.4, 0.5) is 10.5 Å². The summed E-state index contributed by atoms with van der Waals surface area (Å²) in [6.07, 6.45) is 1.58. The Morgan fingerprint density at radius 3 is 2.57 bits per heavy atom. The molecule has 0 saturated carbocycles. The molecule has 2 amide bonds. The Balaban J connectivity index is 1.54. The number of benzene rings is 3. The maximum Gasteiger partial charge on any atom is 0.343 e. The number of esters is 1. The zero-order valence-electron chi connectivity index (χ0n) is 20.0. The fourth-order valence-corrected chi connectivity index (χ4v) is 4.49. The lowest BCUT2D eigenvalue weighted by molar-refractivity contribution is -0.384. The molecule has 9 nitrogen and oxygen atoms in total. The number of ether oxygens (including phenoxy) is 2. The number of thioether (sulfide) groups is 1. The Morgan fingerprint density at radius 2 is 1.84 bits per heavy atom. The van der Waals surface area contributed by atoms with E-state index in [-0.39, 0.29) is 46.0 Å². The molecule has 0 bridgehead atoms. The van der Waals surface area contributed by atoms with Gasteiger partial charge in [0.15, 0.2) is 11.5 Å². The van der Waals surface area contributed by atoms with Crippen molar-refractivity contribution < 1.29 is 28.8 Å². The Morgan fingerprint density at radius 1 is 1.05 bits per heavy atom. The number of nitro benzene ring substituents is 1. The number of rotatable bonds is 8. The van der Waals surface area contributed by atoms with Crippen molar-refractivity contribution in [3.05, 3.63) is 104 Å². The molecule has 1 saturated heterocycles. The molecule has 0 aliphatic carbocycles. The van der Waals surface area contributed by atoms with Gasteiger partial charge in [-0.25, -0.2) is 4.79 Å². The molecule has 0 radical (unpaired) electrons. The van der Waals surface area contributed by atoms with E-state index in [1.807, 2.05) is 31.2 Å². The molecule has 1 aliphatic rings. The lowest BCUT2D eigenvalue weighted by Crippen LogP contribution is -2.27. The molecule has 0 aromatic heterocycles. The standard InChI is InChI=1S/C27H22N2O7S/c1-3-35-23-13-18(10-11-22(23)36-26(31)20-8-5-9-21(15-20)29(33)34)14-24-25(30)28(27(32)37-24)16-19-7-4-6-17(2)12-19/h4-15H,3,16H2,1-2H3/b24-14-. The lowest BCUT2D eigenvalue weighted by atomic mass is 10.1. The average molecular weight is 519 g/mol. The quantitative estimate of drug-likeness (QED) is 0.122. The molecule has 0 atom stereocenters. The number of amides is 2. The molecule has 1 aliphatic heterocycles. The molecule has 0 N–H and O–H groups in total. The van der Waals surface area contributed by atoms with Gasteiger partial charge in [-0.05, 0) is 61.0 Å². The summed E-state index contributed by atoms with van der Waals surface area (Å²) in [5, 5.41) is 10.6. The highest BCUT2D eigenvalue weighted by molar-refractivity contribution is 8.18. The topological polar surface area (TPSA) is 116 Å². The van der Waals surface area contributed by atoms with Crippen LogP contribution in [0.15, 0.2) is 71.6 Å². The number of carbonyl (C=O) groups excluding carboxylic acids is 3. The molecule has 0 unspecified atom stereocenters. The van der Waals surface area contributed by atoms with Gasteiger partial charge in [0.05, 0.1) is 28.5 Å². The van der Waals surface area contributed by atoms with E-state index in [0.717, 1.165) is 29.0 Å². The van der Waals surface area contributed by atoms with E-state index >= 15 is 0 Å². The summed E-state index contributed by atoms with van der Waals surface area (Å²) >= 11 is 0.852. The van der Waals surface area contributed by atoms with E-state index < -0.39 is 16.8 Å². The van der Waals surface area contributed by atoms with Crippen LogP contribution < -0.4 is 9.47 Å². The zero-order chi connectivity index (χ0) is 26.5. The van der Waals surface area contributed by atoms with Crippen LogP contribution in [0.2, 0.25) is 0 Å². The van der Waals surface area contributed by atoms with E-state index in [1.54, 1.807) is 25.1 Å². The van der Waals surface area contributed by atoms with E-state index in [4.69, 9.17) is 9.47 Å². The first-order valence-electron chi connectivity index (χ1n) is 11.3. The second-order valence-corrected chi connectivity index (χ2v) is 9.09. The van der Waals surface area contributed by atoms with Gasteiger partial charge in [-0.15, -0.1) is 0 Å². The zero-order valence-corrected chi connectivity index (χ0v) is 20.8. The van der Waals surface area contributed by atoms with Gasteiger partial charge in [-0.2, -0.15) is 0 Å². The molecule has 1 heterocycles. The van der Waals surface area contributed by atoms with E-state index in [0.29, 0.717) is 5.56 Å². The van der Waals surface area contributed by atoms with Crippen LogP contribution in [0.25, 0.3) is 6.08 Å². The van der Waals surface area contributed by atoms with E-state index in [9.17, 15) is 24.5 Å². The maximum atomic E-state index is 12.9. The van der Waals surface area contributed by atoms with Crippen LogP contribution in [0, 0.1) is 17.0 Å². The average Bonchev–Trinajstić information content (AvgIpc) is 3.13. The number of aryl methyl sites for hydroxylation is 1. The molecule has 188 valence electrons. The van der Waals surface area contributed by atoms with Crippen LogP contribution in [0.3, 0.4) is 0 Å². The third-order valence-corrected chi connectivity index (χ3v) is 6.26. The van der Waals surface area contributed by atoms with Gasteiger partial charge < -0.3 is 9.47 Å². The Labute approximate surface area is 216 Å². The first-order chi connectivity index (χ1) is 17.7. The monoisotopic (exact) mass is 518 g/mol. The van der Waals surface area contributed by atoms with E-state index in [2.05, 4.69) is 0 Å². The summed E-state index contributed by atoms with van der Waals surface area (Å²) in [6.45, 7) is 4.16. The number of hydrogen-bond donors (Lipinski definition) is 0. The van der Waals surface area contributed by atoms with Gasteiger partial charge in [0, 0.05) is 12.1 Å². The molecule has 0 spiro atoms. The van der Waals surface area contributed by atoms with Crippen LogP contribution in [0.1, 0.15) is 34.0 Å². The summed E-state index contributed by atoms with van der Waals surface area (Å²) in [4.78, 5) is 49.9. The van der Waals surface area contributed by atoms with Gasteiger partial charge in [-0.1, -0.05) is 42.0 Å². The van der Waals surface area contributed by atoms with Gasteiger partial charge in [0.25, 0.3) is 16.8 Å². The molecule has 1 fully saturated rings. The minimum atomic E-state index is -0.783. The minimum absolute atomic E-state index is 0.0167. The highest BCUT2D eigenvalue weighted by Crippen LogP contribution is 2.35. The fourth-order valence-electron chi connectivity index (χ4n) is 3.65. The molecule has 4 rings (SSSR count). The Bertz CT molecular complexity index is 1430. The third kappa shape index (κ3) is 6.04. The molecular weight excluding hydrogens is 496 g/mol. The van der Waals surface area contributed by atoms with Crippen LogP contribution >= 0.6 is 11.8 Å². The van der Waals surface area contributed by atoms with Crippen LogP contribution in [0.5, 0.6) is 11.5 Å². The smallest absolute Gasteiger partial charge is 0.343 e. The first-order valence-corrected chi connectivity index (χ1v) is 12.1. The van der Waals surface area contributed by atoms with Crippen molar-refractivity contribution >= 4 is 40.6 Å². The Hall–Kier alpha value is -4.44. The SMILES string of the molecule is CCOc1cc(/C=C2\SC(=O)N(Cc3cccc(C)c3)C2=O)ccc1OC(=O)c1cccc([N+](=O)[O-])c1. The summed E-state index contributed by atoms with van der Waals surface area (Å²) in [7, 11) is 0. The molecule has 10 heteroatoms. The van der Waals surface area contributed by atoms with Crippen molar-refractivity contribution in [1.82, 2.24) is 4.90 Å². The van der Waals surface area contributed by atoms with Crippen molar-refractivity contribution in [1.29, 1.82) is 0 Å². The van der Waals surface area contributed by atoms with Gasteiger partial charge in [0.1, 0.15) is 0 Å².